The molecule has 2 aromatic carbocycles. The molecule has 1 unspecified atom stereocenters. The minimum Gasteiger partial charge on any atom is -0.370 e. The number of anilines is 1. The van der Waals surface area contributed by atoms with Crippen molar-refractivity contribution in [2.24, 2.45) is 10.7 Å². The smallest absolute Gasteiger partial charge is 0.240 e. The Morgan fingerprint density at radius 2 is 1.74 bits per heavy atom. The molecule has 148 valence electrons. The van der Waals surface area contributed by atoms with Crippen LogP contribution < -0.4 is 15.8 Å². The molecule has 0 amide bonds. The predicted octanol–water partition coefficient (Wildman–Crippen LogP) is 3.52. The second-order valence-corrected chi connectivity index (χ2v) is 7.80. The van der Waals surface area contributed by atoms with Crippen LogP contribution in [0.15, 0.2) is 64.5 Å². The number of aliphatic imine (C=N–C) groups is 1. The van der Waals surface area contributed by atoms with Crippen molar-refractivity contribution in [1.82, 2.24) is 4.72 Å². The summed E-state index contributed by atoms with van der Waals surface area (Å²) in [4.78, 5) is 4.38. The van der Waals surface area contributed by atoms with E-state index in [4.69, 9.17) is 5.73 Å². The Bertz CT molecular complexity index is 825. The van der Waals surface area contributed by atoms with Gasteiger partial charge in [0.15, 0.2) is 5.96 Å². The Morgan fingerprint density at radius 1 is 1.11 bits per heavy atom. The first-order chi connectivity index (χ1) is 12.4. The molecule has 0 saturated carbocycles. The summed E-state index contributed by atoms with van der Waals surface area (Å²) in [6.45, 7) is 4.77. The lowest BCUT2D eigenvalue weighted by molar-refractivity contribution is 0.582. The van der Waals surface area contributed by atoms with Gasteiger partial charge in [0.2, 0.25) is 10.0 Å². The van der Waals surface area contributed by atoms with Gasteiger partial charge < -0.3 is 11.1 Å². The zero-order valence-corrected chi connectivity index (χ0v) is 18.7. The number of nitrogens with two attached hydrogens (primary N) is 1. The van der Waals surface area contributed by atoms with Gasteiger partial charge in [-0.25, -0.2) is 13.1 Å². The first kappa shape index (κ1) is 23.4. The van der Waals surface area contributed by atoms with Crippen molar-refractivity contribution in [3.8, 4) is 0 Å². The zero-order chi connectivity index (χ0) is 19.0. The van der Waals surface area contributed by atoms with Gasteiger partial charge in [0, 0.05) is 12.2 Å². The number of benzene rings is 2. The van der Waals surface area contributed by atoms with Crippen LogP contribution in [-0.2, 0) is 10.0 Å². The van der Waals surface area contributed by atoms with E-state index in [1.807, 2.05) is 12.1 Å². The Kier molecular flexibility index (Phi) is 9.75. The maximum atomic E-state index is 12.1. The fourth-order valence-corrected chi connectivity index (χ4v) is 3.40. The maximum Gasteiger partial charge on any atom is 0.240 e. The summed E-state index contributed by atoms with van der Waals surface area (Å²) < 4.78 is 26.6. The molecular formula is C19H27IN4O2S. The minimum absolute atomic E-state index is 0. The number of hydrogen-bond donors (Lipinski definition) is 3. The number of rotatable bonds is 8. The number of sulfonamides is 1. The first-order valence-electron chi connectivity index (χ1n) is 8.64. The molecule has 0 aliphatic carbocycles. The SMILES string of the molecule is CCC(C)c1ccc(NC(N)=NCCNS(=O)(=O)c2ccccc2)cc1.I. The van der Waals surface area contributed by atoms with Crippen molar-refractivity contribution < 1.29 is 8.42 Å². The van der Waals surface area contributed by atoms with Crippen LogP contribution in [0.1, 0.15) is 31.7 Å². The largest absolute Gasteiger partial charge is 0.370 e. The molecule has 4 N–H and O–H groups in total. The Balaban J connectivity index is 0.00000364. The highest BCUT2D eigenvalue weighted by molar-refractivity contribution is 14.0. The van der Waals surface area contributed by atoms with Gasteiger partial charge in [-0.1, -0.05) is 44.2 Å². The Labute approximate surface area is 178 Å². The number of hydrogen-bond acceptors (Lipinski definition) is 3. The average Bonchev–Trinajstić information content (AvgIpc) is 2.66. The van der Waals surface area contributed by atoms with E-state index in [9.17, 15) is 8.42 Å². The third-order valence-corrected chi connectivity index (χ3v) is 5.58. The monoisotopic (exact) mass is 502 g/mol. The molecule has 0 bridgehead atoms. The molecular weight excluding hydrogens is 475 g/mol. The van der Waals surface area contributed by atoms with Gasteiger partial charge in [-0.2, -0.15) is 0 Å². The van der Waals surface area contributed by atoms with Crippen LogP contribution in [0, 0.1) is 0 Å². The quantitative estimate of drug-likeness (QED) is 0.223. The van der Waals surface area contributed by atoms with E-state index < -0.39 is 10.0 Å². The molecule has 1 atom stereocenters. The van der Waals surface area contributed by atoms with Crippen LogP contribution in [0.2, 0.25) is 0 Å². The Hall–Kier alpha value is -1.65. The van der Waals surface area contributed by atoms with Gasteiger partial charge in [-0.05, 0) is 42.2 Å². The molecule has 0 spiro atoms. The van der Waals surface area contributed by atoms with Crippen molar-refractivity contribution in [1.29, 1.82) is 0 Å². The average molecular weight is 502 g/mol. The van der Waals surface area contributed by atoms with Crippen molar-refractivity contribution >= 4 is 45.6 Å². The summed E-state index contributed by atoms with van der Waals surface area (Å²) in [6.07, 6.45) is 1.09. The topological polar surface area (TPSA) is 96.6 Å². The van der Waals surface area contributed by atoms with Gasteiger partial charge in [0.25, 0.3) is 0 Å². The highest BCUT2D eigenvalue weighted by Crippen LogP contribution is 2.20. The third-order valence-electron chi connectivity index (χ3n) is 4.10. The fraction of sp³-hybridized carbons (Fsp3) is 0.316. The van der Waals surface area contributed by atoms with Crippen molar-refractivity contribution in [3.63, 3.8) is 0 Å². The summed E-state index contributed by atoms with van der Waals surface area (Å²) in [5.41, 5.74) is 7.98. The molecule has 0 heterocycles. The maximum absolute atomic E-state index is 12.1. The van der Waals surface area contributed by atoms with Crippen LogP contribution in [0.3, 0.4) is 0 Å². The standard InChI is InChI=1S/C19H26N4O2S.HI/c1-3-15(2)16-9-11-17(12-10-16)23-19(20)21-13-14-22-26(24,25)18-7-5-4-6-8-18;/h4-12,15,22H,3,13-14H2,1-2H3,(H3,20,21,23);1H. The van der Waals surface area contributed by atoms with E-state index in [1.54, 1.807) is 30.3 Å². The van der Waals surface area contributed by atoms with E-state index in [1.165, 1.54) is 5.56 Å². The summed E-state index contributed by atoms with van der Waals surface area (Å²) >= 11 is 0. The van der Waals surface area contributed by atoms with Gasteiger partial charge in [-0.15, -0.1) is 24.0 Å². The molecule has 0 saturated heterocycles. The van der Waals surface area contributed by atoms with Crippen LogP contribution in [0.4, 0.5) is 5.69 Å². The summed E-state index contributed by atoms with van der Waals surface area (Å²) in [7, 11) is -3.51. The van der Waals surface area contributed by atoms with Gasteiger partial charge in [0.05, 0.1) is 11.4 Å². The molecule has 6 nitrogen and oxygen atoms in total. The number of nitrogens with zero attached hydrogens (tertiary/aromatic N) is 1. The second-order valence-electron chi connectivity index (χ2n) is 6.03. The summed E-state index contributed by atoms with van der Waals surface area (Å²) in [6, 6.07) is 16.3. The van der Waals surface area contributed by atoms with Gasteiger partial charge in [-0.3, -0.25) is 4.99 Å². The van der Waals surface area contributed by atoms with Crippen molar-refractivity contribution in [2.75, 3.05) is 18.4 Å². The molecule has 0 radical (unpaired) electrons. The van der Waals surface area contributed by atoms with E-state index >= 15 is 0 Å². The molecule has 0 aromatic heterocycles. The number of nitrogens with one attached hydrogen (secondary N) is 2. The lowest BCUT2D eigenvalue weighted by atomic mass is 9.99. The Morgan fingerprint density at radius 3 is 2.33 bits per heavy atom. The molecule has 0 fully saturated rings. The first-order valence-corrected chi connectivity index (χ1v) is 10.1. The number of halogens is 1. The molecule has 0 aliphatic rings. The fourth-order valence-electron chi connectivity index (χ4n) is 2.36. The molecule has 0 aliphatic heterocycles. The second kappa shape index (κ2) is 11.3. The third kappa shape index (κ3) is 7.47. The lowest BCUT2D eigenvalue weighted by Crippen LogP contribution is -2.28. The van der Waals surface area contributed by atoms with Gasteiger partial charge >= 0.3 is 0 Å². The van der Waals surface area contributed by atoms with Crippen molar-refractivity contribution in [2.45, 2.75) is 31.1 Å². The van der Waals surface area contributed by atoms with E-state index in [-0.39, 0.29) is 47.9 Å². The number of guanidine groups is 1. The minimum atomic E-state index is -3.51. The normalized spacial score (nSPS) is 12.9. The highest BCUT2D eigenvalue weighted by atomic mass is 127. The van der Waals surface area contributed by atoms with Crippen LogP contribution in [-0.4, -0.2) is 27.5 Å². The van der Waals surface area contributed by atoms with E-state index in [0.29, 0.717) is 5.92 Å². The molecule has 27 heavy (non-hydrogen) atoms. The summed E-state index contributed by atoms with van der Waals surface area (Å²) in [5, 5.41) is 3.01. The zero-order valence-electron chi connectivity index (χ0n) is 15.6. The predicted molar refractivity (Wildman–Crippen MR) is 122 cm³/mol. The van der Waals surface area contributed by atoms with E-state index in [2.05, 4.69) is 41.0 Å². The van der Waals surface area contributed by atoms with E-state index in [0.717, 1.165) is 12.1 Å². The lowest BCUT2D eigenvalue weighted by Gasteiger charge is -2.11. The highest BCUT2D eigenvalue weighted by Gasteiger charge is 2.11. The summed E-state index contributed by atoms with van der Waals surface area (Å²) in [5.74, 6) is 0.771. The van der Waals surface area contributed by atoms with Crippen LogP contribution in [0.25, 0.3) is 0 Å². The molecule has 2 rings (SSSR count). The van der Waals surface area contributed by atoms with Gasteiger partial charge in [0.1, 0.15) is 0 Å². The van der Waals surface area contributed by atoms with Crippen LogP contribution in [0.5, 0.6) is 0 Å². The molecule has 2 aromatic rings. The van der Waals surface area contributed by atoms with Crippen molar-refractivity contribution in [3.05, 3.63) is 60.2 Å². The molecule has 8 heteroatoms. The van der Waals surface area contributed by atoms with Crippen LogP contribution >= 0.6 is 24.0 Å².